The summed E-state index contributed by atoms with van der Waals surface area (Å²) in [5.41, 5.74) is 0. The molecule has 0 aromatic heterocycles. The maximum absolute atomic E-state index is 12.2. The van der Waals surface area contributed by atoms with Crippen LogP contribution in [0.15, 0.2) is 0 Å². The van der Waals surface area contributed by atoms with E-state index in [1.807, 2.05) is 6.92 Å². The van der Waals surface area contributed by atoms with E-state index in [4.69, 9.17) is 5.11 Å². The fourth-order valence-electron chi connectivity index (χ4n) is 2.25. The minimum Gasteiger partial charge on any atom is -0.481 e. The zero-order chi connectivity index (χ0) is 15.7. The number of hydrogen-bond acceptors (Lipinski definition) is 4. The van der Waals surface area contributed by atoms with Gasteiger partial charge in [0.25, 0.3) is 0 Å². The fraction of sp³-hybridized carbons (Fsp3) is 0.786. The molecule has 0 radical (unpaired) electrons. The molecule has 6 nitrogen and oxygen atoms in total. The molecule has 120 valence electrons. The lowest BCUT2D eigenvalue weighted by atomic mass is 10.1. The summed E-state index contributed by atoms with van der Waals surface area (Å²) in [6.07, 6.45) is 2.05. The lowest BCUT2D eigenvalue weighted by Crippen LogP contribution is -2.47. The van der Waals surface area contributed by atoms with E-state index >= 15 is 0 Å². The molecule has 1 rings (SSSR count). The molecule has 0 bridgehead atoms. The minimum atomic E-state index is -0.876. The second-order valence-electron chi connectivity index (χ2n) is 5.12. The molecule has 0 aromatic rings. The third-order valence-electron chi connectivity index (χ3n) is 3.32. The van der Waals surface area contributed by atoms with Crippen LogP contribution in [0.2, 0.25) is 0 Å². The molecule has 1 aliphatic rings. The molecule has 1 heterocycles. The van der Waals surface area contributed by atoms with Gasteiger partial charge in [-0.1, -0.05) is 6.92 Å². The molecule has 7 heteroatoms. The normalized spacial score (nSPS) is 18.3. The van der Waals surface area contributed by atoms with Crippen molar-refractivity contribution >= 4 is 29.5 Å². The lowest BCUT2D eigenvalue weighted by molar-refractivity contribution is -0.140. The molecule has 2 N–H and O–H groups in total. The lowest BCUT2D eigenvalue weighted by Gasteiger charge is -2.34. The highest BCUT2D eigenvalue weighted by molar-refractivity contribution is 7.99. The van der Waals surface area contributed by atoms with Crippen molar-refractivity contribution < 1.29 is 19.5 Å². The van der Waals surface area contributed by atoms with Gasteiger partial charge in [-0.15, -0.1) is 0 Å². The van der Waals surface area contributed by atoms with Crippen LogP contribution >= 0.6 is 11.8 Å². The first kappa shape index (κ1) is 17.8. The van der Waals surface area contributed by atoms with Gasteiger partial charge in [0, 0.05) is 37.4 Å². The van der Waals surface area contributed by atoms with E-state index < -0.39 is 5.97 Å². The molecular formula is C14H24N2O4S. The predicted octanol–water partition coefficient (Wildman–Crippen LogP) is 1.10. The minimum absolute atomic E-state index is 0.00424. The number of carbonyl (C=O) groups excluding carboxylic acids is 2. The number of aliphatic carboxylic acids is 1. The van der Waals surface area contributed by atoms with E-state index in [9.17, 15) is 14.4 Å². The highest BCUT2D eigenvalue weighted by atomic mass is 32.2. The van der Waals surface area contributed by atoms with Crippen molar-refractivity contribution in [2.45, 2.75) is 45.1 Å². The summed E-state index contributed by atoms with van der Waals surface area (Å²) in [7, 11) is 0. The van der Waals surface area contributed by atoms with E-state index in [1.165, 1.54) is 0 Å². The number of nitrogens with zero attached hydrogens (tertiary/aromatic N) is 1. The molecule has 0 aliphatic carbocycles. The summed E-state index contributed by atoms with van der Waals surface area (Å²) in [6.45, 7) is 3.25. The smallest absolute Gasteiger partial charge is 0.305 e. The quantitative estimate of drug-likeness (QED) is 0.700. The summed E-state index contributed by atoms with van der Waals surface area (Å²) in [5.74, 6) is 0.582. The molecule has 1 atom stereocenters. The molecule has 0 saturated carbocycles. The molecule has 2 amide bonds. The second kappa shape index (κ2) is 9.65. The number of carbonyl (C=O) groups is 3. The van der Waals surface area contributed by atoms with Crippen molar-refractivity contribution in [1.29, 1.82) is 0 Å². The van der Waals surface area contributed by atoms with E-state index in [0.29, 0.717) is 38.1 Å². The van der Waals surface area contributed by atoms with Crippen LogP contribution in [0.4, 0.5) is 0 Å². The molecule has 0 spiro atoms. The van der Waals surface area contributed by atoms with Crippen LogP contribution < -0.4 is 5.32 Å². The van der Waals surface area contributed by atoms with Gasteiger partial charge in [-0.25, -0.2) is 0 Å². The van der Waals surface area contributed by atoms with Gasteiger partial charge in [0.05, 0.1) is 12.5 Å². The van der Waals surface area contributed by atoms with E-state index in [2.05, 4.69) is 5.32 Å². The number of thioether (sulfide) groups is 1. The molecule has 1 aliphatic heterocycles. The first-order valence-electron chi connectivity index (χ1n) is 7.40. The highest BCUT2D eigenvalue weighted by Gasteiger charge is 2.28. The molecule has 1 unspecified atom stereocenters. The standard InChI is InChI=1S/C14H24N2O4S/c1-2-6-15-12(17)4-3-5-13(18)16-7-8-21-10-11(16)9-14(19)20/h11H,2-10H2,1H3,(H,15,17)(H,19,20). The number of rotatable bonds is 8. The summed E-state index contributed by atoms with van der Waals surface area (Å²) < 4.78 is 0. The topological polar surface area (TPSA) is 86.7 Å². The van der Waals surface area contributed by atoms with Crippen molar-refractivity contribution in [1.82, 2.24) is 10.2 Å². The van der Waals surface area contributed by atoms with Gasteiger partial charge in [-0.2, -0.15) is 11.8 Å². The Morgan fingerprint density at radius 3 is 2.76 bits per heavy atom. The van der Waals surface area contributed by atoms with Crippen LogP contribution in [0, 0.1) is 0 Å². The van der Waals surface area contributed by atoms with E-state index in [-0.39, 0.29) is 24.3 Å². The van der Waals surface area contributed by atoms with Gasteiger partial charge in [-0.05, 0) is 12.8 Å². The first-order chi connectivity index (χ1) is 10.0. The Bertz CT molecular complexity index is 376. The average molecular weight is 316 g/mol. The zero-order valence-corrected chi connectivity index (χ0v) is 13.3. The third kappa shape index (κ3) is 6.84. The Morgan fingerprint density at radius 2 is 2.10 bits per heavy atom. The van der Waals surface area contributed by atoms with Crippen LogP contribution in [0.5, 0.6) is 0 Å². The largest absolute Gasteiger partial charge is 0.481 e. The Hall–Kier alpha value is -1.24. The first-order valence-corrected chi connectivity index (χ1v) is 8.55. The second-order valence-corrected chi connectivity index (χ2v) is 6.27. The predicted molar refractivity (Wildman–Crippen MR) is 82.2 cm³/mol. The molecule has 21 heavy (non-hydrogen) atoms. The highest BCUT2D eigenvalue weighted by Crippen LogP contribution is 2.20. The maximum Gasteiger partial charge on any atom is 0.305 e. The molecule has 1 saturated heterocycles. The van der Waals surface area contributed by atoms with Gasteiger partial charge in [0.2, 0.25) is 11.8 Å². The van der Waals surface area contributed by atoms with Crippen LogP contribution in [0.1, 0.15) is 39.0 Å². The van der Waals surface area contributed by atoms with Gasteiger partial charge in [-0.3, -0.25) is 14.4 Å². The number of nitrogens with one attached hydrogen (secondary N) is 1. The maximum atomic E-state index is 12.2. The van der Waals surface area contributed by atoms with Crippen molar-refractivity contribution in [2.24, 2.45) is 0 Å². The molecular weight excluding hydrogens is 292 g/mol. The number of carboxylic acid groups (broad SMARTS) is 1. The Kier molecular flexibility index (Phi) is 8.19. The van der Waals surface area contributed by atoms with Crippen LogP contribution in [0.25, 0.3) is 0 Å². The average Bonchev–Trinajstić information content (AvgIpc) is 2.45. The zero-order valence-electron chi connectivity index (χ0n) is 12.5. The molecule has 0 aromatic carbocycles. The van der Waals surface area contributed by atoms with Crippen molar-refractivity contribution in [3.8, 4) is 0 Å². The SMILES string of the molecule is CCCNC(=O)CCCC(=O)N1CCSCC1CC(=O)O. The van der Waals surface area contributed by atoms with Crippen molar-refractivity contribution in [3.63, 3.8) is 0 Å². The van der Waals surface area contributed by atoms with E-state index in [0.717, 1.165) is 12.2 Å². The summed E-state index contributed by atoms with van der Waals surface area (Å²) >= 11 is 1.68. The van der Waals surface area contributed by atoms with Crippen LogP contribution in [-0.2, 0) is 14.4 Å². The number of amides is 2. The summed E-state index contributed by atoms with van der Waals surface area (Å²) in [5, 5.41) is 11.7. The van der Waals surface area contributed by atoms with Gasteiger partial charge in [0.1, 0.15) is 0 Å². The molecule has 1 fully saturated rings. The van der Waals surface area contributed by atoms with Crippen LogP contribution in [-0.4, -0.2) is 58.4 Å². The van der Waals surface area contributed by atoms with Gasteiger partial charge in [0.15, 0.2) is 0 Å². The fourth-order valence-corrected chi connectivity index (χ4v) is 3.31. The Labute approximate surface area is 129 Å². The summed E-state index contributed by atoms with van der Waals surface area (Å²) in [6, 6.07) is -0.220. The summed E-state index contributed by atoms with van der Waals surface area (Å²) in [4.78, 5) is 36.1. The monoisotopic (exact) mass is 316 g/mol. The number of carboxylic acids is 1. The Balaban J connectivity index is 2.34. The van der Waals surface area contributed by atoms with Gasteiger partial charge < -0.3 is 15.3 Å². The van der Waals surface area contributed by atoms with Gasteiger partial charge >= 0.3 is 5.97 Å². The Morgan fingerprint density at radius 1 is 1.33 bits per heavy atom. The number of hydrogen-bond donors (Lipinski definition) is 2. The third-order valence-corrected chi connectivity index (χ3v) is 4.42. The van der Waals surface area contributed by atoms with Crippen molar-refractivity contribution in [2.75, 3.05) is 24.6 Å². The van der Waals surface area contributed by atoms with Crippen molar-refractivity contribution in [3.05, 3.63) is 0 Å². The van der Waals surface area contributed by atoms with Crippen LogP contribution in [0.3, 0.4) is 0 Å². The van der Waals surface area contributed by atoms with E-state index in [1.54, 1.807) is 16.7 Å².